The highest BCUT2D eigenvalue weighted by Gasteiger charge is 2.36. The second kappa shape index (κ2) is 5.92. The van der Waals surface area contributed by atoms with Gasteiger partial charge >= 0.3 is 0 Å². The Morgan fingerprint density at radius 3 is 2.68 bits per heavy atom. The fraction of sp³-hybridized carbons (Fsp3) is 0.611. The van der Waals surface area contributed by atoms with Crippen molar-refractivity contribution in [1.29, 1.82) is 0 Å². The highest BCUT2D eigenvalue weighted by molar-refractivity contribution is 5.82. The van der Waals surface area contributed by atoms with E-state index in [0.717, 1.165) is 6.42 Å². The van der Waals surface area contributed by atoms with Crippen LogP contribution in [0.25, 0.3) is 0 Å². The van der Waals surface area contributed by atoms with Gasteiger partial charge in [0.2, 0.25) is 5.91 Å². The van der Waals surface area contributed by atoms with Crippen molar-refractivity contribution in [2.45, 2.75) is 38.6 Å². The molecule has 0 spiro atoms. The van der Waals surface area contributed by atoms with Crippen molar-refractivity contribution in [2.24, 2.45) is 0 Å². The minimum Gasteiger partial charge on any atom is -0.378 e. The van der Waals surface area contributed by atoms with Gasteiger partial charge in [0.15, 0.2) is 0 Å². The molecule has 4 heteroatoms. The van der Waals surface area contributed by atoms with E-state index in [2.05, 4.69) is 49.9 Å². The van der Waals surface area contributed by atoms with Gasteiger partial charge in [0, 0.05) is 24.8 Å². The predicted molar refractivity (Wildman–Crippen MR) is 88.3 cm³/mol. The van der Waals surface area contributed by atoms with Gasteiger partial charge in [-0.1, -0.05) is 32.0 Å². The SMILES string of the molecule is C[C@H]1CC(C)(C)c2ccccc2N1CC(=O)N1CCOCC1. The van der Waals surface area contributed by atoms with E-state index in [1.165, 1.54) is 11.3 Å². The number of rotatable bonds is 2. The van der Waals surface area contributed by atoms with E-state index >= 15 is 0 Å². The highest BCUT2D eigenvalue weighted by atomic mass is 16.5. The van der Waals surface area contributed by atoms with Gasteiger partial charge in [0.25, 0.3) is 0 Å². The Bertz CT molecular complexity index is 550. The van der Waals surface area contributed by atoms with Crippen LogP contribution in [0.3, 0.4) is 0 Å². The second-order valence-corrected chi connectivity index (χ2v) is 7.08. The van der Waals surface area contributed by atoms with Crippen LogP contribution < -0.4 is 4.90 Å². The summed E-state index contributed by atoms with van der Waals surface area (Å²) in [5.41, 5.74) is 2.73. The van der Waals surface area contributed by atoms with Gasteiger partial charge in [-0.15, -0.1) is 0 Å². The summed E-state index contributed by atoms with van der Waals surface area (Å²) in [7, 11) is 0. The normalized spacial score (nSPS) is 24.0. The Morgan fingerprint density at radius 2 is 1.95 bits per heavy atom. The van der Waals surface area contributed by atoms with Crippen molar-refractivity contribution in [2.75, 3.05) is 37.7 Å². The van der Waals surface area contributed by atoms with Gasteiger partial charge in [0.1, 0.15) is 0 Å². The zero-order chi connectivity index (χ0) is 15.7. The molecule has 1 saturated heterocycles. The molecule has 1 aromatic rings. The molecule has 0 bridgehead atoms. The topological polar surface area (TPSA) is 32.8 Å². The molecule has 1 aromatic carbocycles. The number of fused-ring (bicyclic) bond motifs is 1. The molecule has 0 aromatic heterocycles. The first-order valence-electron chi connectivity index (χ1n) is 8.21. The van der Waals surface area contributed by atoms with Crippen LogP contribution in [-0.4, -0.2) is 49.7 Å². The summed E-state index contributed by atoms with van der Waals surface area (Å²) in [4.78, 5) is 16.8. The molecular weight excluding hydrogens is 276 g/mol. The van der Waals surface area contributed by atoms with Crippen molar-refractivity contribution >= 4 is 11.6 Å². The number of carbonyl (C=O) groups is 1. The Hall–Kier alpha value is -1.55. The van der Waals surface area contributed by atoms with Gasteiger partial charge in [0.05, 0.1) is 19.8 Å². The van der Waals surface area contributed by atoms with E-state index in [-0.39, 0.29) is 11.3 Å². The third-order valence-corrected chi connectivity index (χ3v) is 4.95. The van der Waals surface area contributed by atoms with E-state index in [4.69, 9.17) is 4.74 Å². The van der Waals surface area contributed by atoms with Crippen molar-refractivity contribution in [1.82, 2.24) is 4.90 Å². The number of morpholine rings is 1. The molecule has 2 heterocycles. The molecule has 1 fully saturated rings. The Labute approximate surface area is 133 Å². The zero-order valence-corrected chi connectivity index (χ0v) is 13.8. The van der Waals surface area contributed by atoms with Crippen LogP contribution in [0.2, 0.25) is 0 Å². The summed E-state index contributed by atoms with van der Waals surface area (Å²) < 4.78 is 5.34. The minimum absolute atomic E-state index is 0.161. The van der Waals surface area contributed by atoms with Gasteiger partial charge in [-0.3, -0.25) is 4.79 Å². The molecule has 4 nitrogen and oxygen atoms in total. The average Bonchev–Trinajstić information content (AvgIpc) is 2.52. The third-order valence-electron chi connectivity index (χ3n) is 4.95. The predicted octanol–water partition coefficient (Wildman–Crippen LogP) is 2.42. The molecule has 2 aliphatic heterocycles. The van der Waals surface area contributed by atoms with Crippen LogP contribution in [0.4, 0.5) is 5.69 Å². The fourth-order valence-corrected chi connectivity index (χ4v) is 3.79. The quantitative estimate of drug-likeness (QED) is 0.841. The van der Waals surface area contributed by atoms with Gasteiger partial charge in [-0.25, -0.2) is 0 Å². The van der Waals surface area contributed by atoms with E-state index in [1.807, 2.05) is 4.90 Å². The molecular formula is C18H26N2O2. The maximum Gasteiger partial charge on any atom is 0.242 e. The summed E-state index contributed by atoms with van der Waals surface area (Å²) in [5, 5.41) is 0. The van der Waals surface area contributed by atoms with Crippen LogP contribution in [0, 0.1) is 0 Å². The third kappa shape index (κ3) is 2.84. The molecule has 2 aliphatic rings. The molecule has 3 rings (SSSR count). The lowest BCUT2D eigenvalue weighted by Crippen LogP contribution is -2.51. The molecule has 0 N–H and O–H groups in total. The fourth-order valence-electron chi connectivity index (χ4n) is 3.79. The Morgan fingerprint density at radius 1 is 1.27 bits per heavy atom. The molecule has 0 aliphatic carbocycles. The molecule has 0 unspecified atom stereocenters. The maximum absolute atomic E-state index is 12.6. The van der Waals surface area contributed by atoms with Crippen LogP contribution in [0.5, 0.6) is 0 Å². The number of para-hydroxylation sites is 1. The summed E-state index contributed by atoms with van der Waals surface area (Å²) in [5.74, 6) is 0.213. The standard InChI is InChI=1S/C18H26N2O2/c1-14-12-18(2,3)15-6-4-5-7-16(15)20(14)13-17(21)19-8-10-22-11-9-19/h4-7,14H,8-13H2,1-3H3/t14-/m0/s1. The Kier molecular flexibility index (Phi) is 4.13. The minimum atomic E-state index is 0.161. The van der Waals surface area contributed by atoms with Crippen LogP contribution in [-0.2, 0) is 14.9 Å². The zero-order valence-electron chi connectivity index (χ0n) is 13.8. The smallest absolute Gasteiger partial charge is 0.242 e. The number of anilines is 1. The summed E-state index contributed by atoms with van der Waals surface area (Å²) in [6.07, 6.45) is 1.07. The Balaban J connectivity index is 1.82. The van der Waals surface area contributed by atoms with E-state index in [9.17, 15) is 4.79 Å². The molecule has 1 amide bonds. The summed E-state index contributed by atoms with van der Waals surface area (Å²) in [6, 6.07) is 8.89. The van der Waals surface area contributed by atoms with Gasteiger partial charge < -0.3 is 14.5 Å². The number of amides is 1. The lowest BCUT2D eigenvalue weighted by Gasteiger charge is -2.45. The molecule has 0 saturated carbocycles. The summed E-state index contributed by atoms with van der Waals surface area (Å²) >= 11 is 0. The number of carbonyl (C=O) groups excluding carboxylic acids is 1. The first-order chi connectivity index (χ1) is 10.5. The van der Waals surface area contributed by atoms with Crippen molar-refractivity contribution < 1.29 is 9.53 Å². The maximum atomic E-state index is 12.6. The lowest BCUT2D eigenvalue weighted by molar-refractivity contribution is -0.133. The largest absolute Gasteiger partial charge is 0.378 e. The molecule has 1 atom stereocenters. The number of hydrogen-bond acceptors (Lipinski definition) is 3. The second-order valence-electron chi connectivity index (χ2n) is 7.08. The van der Waals surface area contributed by atoms with Crippen LogP contribution >= 0.6 is 0 Å². The molecule has 0 radical (unpaired) electrons. The number of nitrogens with zero attached hydrogens (tertiary/aromatic N) is 2. The van der Waals surface area contributed by atoms with Crippen molar-refractivity contribution in [3.05, 3.63) is 29.8 Å². The van der Waals surface area contributed by atoms with Gasteiger partial charge in [-0.2, -0.15) is 0 Å². The van der Waals surface area contributed by atoms with E-state index in [0.29, 0.717) is 38.9 Å². The highest BCUT2D eigenvalue weighted by Crippen LogP contribution is 2.42. The van der Waals surface area contributed by atoms with E-state index in [1.54, 1.807) is 0 Å². The van der Waals surface area contributed by atoms with E-state index < -0.39 is 0 Å². The number of hydrogen-bond donors (Lipinski definition) is 0. The van der Waals surface area contributed by atoms with Gasteiger partial charge in [-0.05, 0) is 30.4 Å². The van der Waals surface area contributed by atoms with Crippen LogP contribution in [0.15, 0.2) is 24.3 Å². The number of benzene rings is 1. The first-order valence-corrected chi connectivity index (χ1v) is 8.21. The first kappa shape index (κ1) is 15.3. The lowest BCUT2D eigenvalue weighted by atomic mass is 9.75. The average molecular weight is 302 g/mol. The van der Waals surface area contributed by atoms with Crippen molar-refractivity contribution in [3.63, 3.8) is 0 Å². The number of ether oxygens (including phenoxy) is 1. The monoisotopic (exact) mass is 302 g/mol. The summed E-state index contributed by atoms with van der Waals surface area (Å²) in [6.45, 7) is 10.0. The molecule has 22 heavy (non-hydrogen) atoms. The van der Waals surface area contributed by atoms with Crippen LogP contribution in [0.1, 0.15) is 32.8 Å². The molecule has 120 valence electrons. The van der Waals surface area contributed by atoms with Crippen molar-refractivity contribution in [3.8, 4) is 0 Å².